The van der Waals surface area contributed by atoms with Gasteiger partial charge in [-0.05, 0) is 19.4 Å². The number of benzene rings is 1. The number of aryl methyl sites for hydroxylation is 1. The number of fused-ring (bicyclic) bond motifs is 1. The van der Waals surface area contributed by atoms with Crippen LogP contribution in [0.5, 0.6) is 0 Å². The number of furan rings is 1. The molecule has 0 radical (unpaired) electrons. The van der Waals surface area contributed by atoms with Crippen molar-refractivity contribution >= 4 is 16.9 Å². The van der Waals surface area contributed by atoms with E-state index >= 15 is 0 Å². The van der Waals surface area contributed by atoms with Crippen molar-refractivity contribution in [1.29, 1.82) is 0 Å². The first kappa shape index (κ1) is 13.5. The van der Waals surface area contributed by atoms with Crippen molar-refractivity contribution in [2.24, 2.45) is 0 Å². The predicted molar refractivity (Wildman–Crippen MR) is 69.5 cm³/mol. The maximum Gasteiger partial charge on any atom is 0.287 e. The van der Waals surface area contributed by atoms with E-state index in [1.54, 1.807) is 19.1 Å². The third kappa shape index (κ3) is 2.46. The molecule has 19 heavy (non-hydrogen) atoms. The van der Waals surface area contributed by atoms with Gasteiger partial charge in [0.1, 0.15) is 0 Å². The molecule has 2 aromatic rings. The first-order valence-electron chi connectivity index (χ1n) is 6.17. The van der Waals surface area contributed by atoms with Crippen LogP contribution < -0.4 is 5.32 Å². The molecule has 0 unspecified atom stereocenters. The van der Waals surface area contributed by atoms with Gasteiger partial charge < -0.3 is 14.8 Å². The second-order valence-electron chi connectivity index (χ2n) is 4.43. The Morgan fingerprint density at radius 3 is 2.84 bits per heavy atom. The Morgan fingerprint density at radius 1 is 1.53 bits per heavy atom. The topological polar surface area (TPSA) is 62.5 Å². The maximum absolute atomic E-state index is 13.6. The highest BCUT2D eigenvalue weighted by Gasteiger charge is 2.21. The number of amides is 1. The fourth-order valence-electron chi connectivity index (χ4n) is 1.95. The SMILES string of the molecule is CC[C@H](CO)NC(=O)c1oc2c(F)cccc2c1C. The minimum Gasteiger partial charge on any atom is -0.448 e. The second-order valence-corrected chi connectivity index (χ2v) is 4.43. The molecular formula is C14H16FNO3. The number of aliphatic hydroxyl groups is 1. The number of nitrogens with one attached hydrogen (secondary N) is 1. The Bertz CT molecular complexity index is 602. The molecule has 5 heteroatoms. The van der Waals surface area contributed by atoms with Crippen molar-refractivity contribution in [3.8, 4) is 0 Å². The standard InChI is InChI=1S/C14H16FNO3/c1-3-9(7-17)16-14(18)12-8(2)10-5-4-6-11(15)13(10)19-12/h4-6,9,17H,3,7H2,1-2H3,(H,16,18)/t9-/m1/s1. The molecule has 1 aromatic carbocycles. The molecule has 2 rings (SSSR count). The zero-order valence-corrected chi connectivity index (χ0v) is 10.9. The van der Waals surface area contributed by atoms with Crippen LogP contribution in [-0.2, 0) is 0 Å². The van der Waals surface area contributed by atoms with Crippen LogP contribution in [0.3, 0.4) is 0 Å². The van der Waals surface area contributed by atoms with Gasteiger partial charge in [-0.15, -0.1) is 0 Å². The summed E-state index contributed by atoms with van der Waals surface area (Å²) in [7, 11) is 0. The molecule has 1 heterocycles. The number of halogens is 1. The van der Waals surface area contributed by atoms with Crippen LogP contribution in [0.2, 0.25) is 0 Å². The Morgan fingerprint density at radius 2 is 2.26 bits per heavy atom. The van der Waals surface area contributed by atoms with Gasteiger partial charge in [-0.1, -0.05) is 19.1 Å². The largest absolute Gasteiger partial charge is 0.448 e. The molecule has 1 atom stereocenters. The Labute approximate surface area is 110 Å². The average molecular weight is 265 g/mol. The molecule has 1 aromatic heterocycles. The summed E-state index contributed by atoms with van der Waals surface area (Å²) in [5.74, 6) is -0.838. The highest BCUT2D eigenvalue weighted by Crippen LogP contribution is 2.27. The van der Waals surface area contributed by atoms with Gasteiger partial charge in [0.05, 0.1) is 12.6 Å². The Kier molecular flexibility index (Phi) is 3.85. The van der Waals surface area contributed by atoms with E-state index in [0.717, 1.165) is 0 Å². The fourth-order valence-corrected chi connectivity index (χ4v) is 1.95. The number of hydrogen-bond donors (Lipinski definition) is 2. The predicted octanol–water partition coefficient (Wildman–Crippen LogP) is 2.38. The summed E-state index contributed by atoms with van der Waals surface area (Å²) < 4.78 is 18.9. The third-order valence-corrected chi connectivity index (χ3v) is 3.17. The lowest BCUT2D eigenvalue weighted by molar-refractivity contribution is 0.0888. The van der Waals surface area contributed by atoms with Gasteiger partial charge in [0.15, 0.2) is 17.2 Å². The van der Waals surface area contributed by atoms with E-state index in [9.17, 15) is 9.18 Å². The number of carbonyl (C=O) groups is 1. The lowest BCUT2D eigenvalue weighted by Crippen LogP contribution is -2.37. The van der Waals surface area contributed by atoms with Crippen LogP contribution in [0, 0.1) is 12.7 Å². The van der Waals surface area contributed by atoms with Crippen molar-refractivity contribution in [1.82, 2.24) is 5.32 Å². The van der Waals surface area contributed by atoms with Crippen LogP contribution in [0.15, 0.2) is 22.6 Å². The number of rotatable bonds is 4. The molecule has 102 valence electrons. The quantitative estimate of drug-likeness (QED) is 0.892. The summed E-state index contributed by atoms with van der Waals surface area (Å²) in [6.45, 7) is 3.42. The first-order chi connectivity index (χ1) is 9.08. The van der Waals surface area contributed by atoms with Crippen LogP contribution in [0.4, 0.5) is 4.39 Å². The summed E-state index contributed by atoms with van der Waals surface area (Å²) in [5, 5.41) is 12.3. The molecule has 1 amide bonds. The summed E-state index contributed by atoms with van der Waals surface area (Å²) in [6, 6.07) is 4.24. The zero-order valence-electron chi connectivity index (χ0n) is 10.9. The molecule has 0 saturated carbocycles. The molecule has 4 nitrogen and oxygen atoms in total. The van der Waals surface area contributed by atoms with Crippen molar-refractivity contribution < 1.29 is 18.7 Å². The molecule has 0 aliphatic heterocycles. The van der Waals surface area contributed by atoms with Crippen molar-refractivity contribution in [3.05, 3.63) is 35.3 Å². The van der Waals surface area contributed by atoms with Crippen LogP contribution in [0.1, 0.15) is 29.5 Å². The van der Waals surface area contributed by atoms with Gasteiger partial charge in [0, 0.05) is 10.9 Å². The normalized spacial score (nSPS) is 12.6. The van der Waals surface area contributed by atoms with E-state index in [2.05, 4.69) is 5.32 Å². The van der Waals surface area contributed by atoms with E-state index in [1.165, 1.54) is 6.07 Å². The van der Waals surface area contributed by atoms with Crippen molar-refractivity contribution in [2.45, 2.75) is 26.3 Å². The lowest BCUT2D eigenvalue weighted by atomic mass is 10.1. The highest BCUT2D eigenvalue weighted by molar-refractivity contribution is 5.99. The monoisotopic (exact) mass is 265 g/mol. The Balaban J connectivity index is 2.38. The molecule has 0 spiro atoms. The zero-order chi connectivity index (χ0) is 14.0. The molecule has 0 aliphatic rings. The average Bonchev–Trinajstić information content (AvgIpc) is 2.75. The van der Waals surface area contributed by atoms with Gasteiger partial charge in [-0.2, -0.15) is 0 Å². The van der Waals surface area contributed by atoms with Gasteiger partial charge in [-0.25, -0.2) is 4.39 Å². The molecule has 0 saturated heterocycles. The molecular weight excluding hydrogens is 249 g/mol. The minimum atomic E-state index is -0.492. The number of aliphatic hydroxyl groups excluding tert-OH is 1. The molecule has 0 aliphatic carbocycles. The van der Waals surface area contributed by atoms with Gasteiger partial charge in [0.2, 0.25) is 0 Å². The molecule has 0 bridgehead atoms. The van der Waals surface area contributed by atoms with Gasteiger partial charge >= 0.3 is 0 Å². The summed E-state index contributed by atoms with van der Waals surface area (Å²) in [4.78, 5) is 12.0. The van der Waals surface area contributed by atoms with E-state index in [0.29, 0.717) is 17.4 Å². The fraction of sp³-hybridized carbons (Fsp3) is 0.357. The van der Waals surface area contributed by atoms with E-state index in [1.807, 2.05) is 6.92 Å². The smallest absolute Gasteiger partial charge is 0.287 e. The number of carbonyl (C=O) groups excluding carboxylic acids is 1. The summed E-state index contributed by atoms with van der Waals surface area (Å²) in [5.41, 5.74) is 0.682. The van der Waals surface area contributed by atoms with Gasteiger partial charge in [0.25, 0.3) is 5.91 Å². The lowest BCUT2D eigenvalue weighted by Gasteiger charge is -2.12. The maximum atomic E-state index is 13.6. The highest BCUT2D eigenvalue weighted by atomic mass is 19.1. The van der Waals surface area contributed by atoms with Crippen LogP contribution in [-0.4, -0.2) is 23.7 Å². The molecule has 2 N–H and O–H groups in total. The Hall–Kier alpha value is -1.88. The third-order valence-electron chi connectivity index (χ3n) is 3.17. The second kappa shape index (κ2) is 5.40. The van der Waals surface area contributed by atoms with Crippen molar-refractivity contribution in [2.75, 3.05) is 6.61 Å². The van der Waals surface area contributed by atoms with Crippen molar-refractivity contribution in [3.63, 3.8) is 0 Å². The van der Waals surface area contributed by atoms with E-state index in [4.69, 9.17) is 9.52 Å². The van der Waals surface area contributed by atoms with E-state index in [-0.39, 0.29) is 24.0 Å². The first-order valence-corrected chi connectivity index (χ1v) is 6.17. The van der Waals surface area contributed by atoms with Crippen LogP contribution >= 0.6 is 0 Å². The van der Waals surface area contributed by atoms with Crippen LogP contribution in [0.25, 0.3) is 11.0 Å². The van der Waals surface area contributed by atoms with E-state index < -0.39 is 11.7 Å². The summed E-state index contributed by atoms with van der Waals surface area (Å²) >= 11 is 0. The summed E-state index contributed by atoms with van der Waals surface area (Å²) in [6.07, 6.45) is 0.607. The minimum absolute atomic E-state index is 0.0854. The number of para-hydroxylation sites is 1. The van der Waals surface area contributed by atoms with Gasteiger partial charge in [-0.3, -0.25) is 4.79 Å². The number of hydrogen-bond acceptors (Lipinski definition) is 3. The molecule has 0 fully saturated rings.